The summed E-state index contributed by atoms with van der Waals surface area (Å²) in [6.45, 7) is 6.90. The number of rotatable bonds is 5. The van der Waals surface area contributed by atoms with Crippen molar-refractivity contribution in [2.24, 2.45) is 0 Å². The van der Waals surface area contributed by atoms with Crippen LogP contribution in [0.5, 0.6) is 0 Å². The van der Waals surface area contributed by atoms with E-state index in [0.717, 1.165) is 12.8 Å². The molecule has 1 aliphatic carbocycles. The van der Waals surface area contributed by atoms with Crippen molar-refractivity contribution in [3.05, 3.63) is 11.6 Å². The van der Waals surface area contributed by atoms with Gasteiger partial charge in [-0.3, -0.25) is 0 Å². The highest BCUT2D eigenvalue weighted by Crippen LogP contribution is 2.35. The van der Waals surface area contributed by atoms with E-state index in [9.17, 15) is 10.2 Å². The zero-order chi connectivity index (χ0) is 21.0. The van der Waals surface area contributed by atoms with Gasteiger partial charge in [0.15, 0.2) is 22.8 Å². The van der Waals surface area contributed by atoms with Crippen LogP contribution >= 0.6 is 0 Å². The second kappa shape index (κ2) is 6.91. The quantitative estimate of drug-likeness (QED) is 0.577. The van der Waals surface area contributed by atoms with Crippen LogP contribution in [-0.4, -0.2) is 80.7 Å². The monoisotopic (exact) mass is 414 g/mol. The fraction of sp³-hybridized carbons (Fsp3) is 0.722. The van der Waals surface area contributed by atoms with Gasteiger partial charge in [-0.25, -0.2) is 19.3 Å². The number of anilines is 1. The molecule has 2 unspecified atom stereocenters. The average Bonchev–Trinajstić information content (AvgIpc) is 3.13. The maximum atomic E-state index is 10.3. The van der Waals surface area contributed by atoms with Gasteiger partial charge in [0.25, 0.3) is 0 Å². The normalized spacial score (nSPS) is 22.4. The first-order valence-corrected chi connectivity index (χ1v) is 10.3. The minimum atomic E-state index is -0.615. The third-order valence-corrected chi connectivity index (χ3v) is 5.73. The van der Waals surface area contributed by atoms with Crippen molar-refractivity contribution >= 4 is 17.0 Å². The van der Waals surface area contributed by atoms with Crippen LogP contribution in [0.4, 0.5) is 5.82 Å². The molecule has 1 aliphatic heterocycles. The maximum absolute atomic E-state index is 10.3. The molecule has 12 nitrogen and oxygen atoms in total. The molecule has 160 valence electrons. The molecule has 30 heavy (non-hydrogen) atoms. The predicted octanol–water partition coefficient (Wildman–Crippen LogP) is -0.180. The summed E-state index contributed by atoms with van der Waals surface area (Å²) >= 11 is 0. The van der Waals surface area contributed by atoms with Crippen molar-refractivity contribution in [3.8, 4) is 0 Å². The highest BCUT2D eigenvalue weighted by molar-refractivity contribution is 5.83. The lowest BCUT2D eigenvalue weighted by molar-refractivity contribution is 0.128. The van der Waals surface area contributed by atoms with Crippen molar-refractivity contribution in [2.75, 3.05) is 18.1 Å². The SMILES string of the molecule is CC(C)(C)c1nc(N2CCC(O)C2CO)c2nnn(Cc3nnnn3C3CC3)c2n1. The lowest BCUT2D eigenvalue weighted by Crippen LogP contribution is -2.39. The molecule has 0 bridgehead atoms. The molecule has 4 heterocycles. The number of fused-ring (bicyclic) bond motifs is 1. The van der Waals surface area contributed by atoms with Crippen LogP contribution in [0, 0.1) is 0 Å². The Labute approximate surface area is 172 Å². The number of nitrogens with zero attached hydrogens (tertiary/aromatic N) is 10. The van der Waals surface area contributed by atoms with E-state index in [-0.39, 0.29) is 12.0 Å². The highest BCUT2D eigenvalue weighted by atomic mass is 16.3. The van der Waals surface area contributed by atoms with Crippen molar-refractivity contribution in [1.82, 2.24) is 45.2 Å². The van der Waals surface area contributed by atoms with Crippen LogP contribution in [0.2, 0.25) is 0 Å². The van der Waals surface area contributed by atoms with E-state index in [1.165, 1.54) is 0 Å². The summed E-state index contributed by atoms with van der Waals surface area (Å²) in [5.74, 6) is 1.95. The van der Waals surface area contributed by atoms with Gasteiger partial charge in [-0.15, -0.1) is 10.2 Å². The van der Waals surface area contributed by atoms with E-state index in [4.69, 9.17) is 9.97 Å². The first-order chi connectivity index (χ1) is 14.4. The number of hydrogen-bond acceptors (Lipinski definition) is 10. The Bertz CT molecular complexity index is 1070. The van der Waals surface area contributed by atoms with Gasteiger partial charge in [0.2, 0.25) is 0 Å². The van der Waals surface area contributed by atoms with Crippen LogP contribution in [0.3, 0.4) is 0 Å². The van der Waals surface area contributed by atoms with Crippen LogP contribution in [-0.2, 0) is 12.0 Å². The largest absolute Gasteiger partial charge is 0.394 e. The van der Waals surface area contributed by atoms with Crippen molar-refractivity contribution in [3.63, 3.8) is 0 Å². The third kappa shape index (κ3) is 3.19. The van der Waals surface area contributed by atoms with E-state index >= 15 is 0 Å². The maximum Gasteiger partial charge on any atom is 0.184 e. The Morgan fingerprint density at radius 3 is 2.57 bits per heavy atom. The molecule has 2 N–H and O–H groups in total. The van der Waals surface area contributed by atoms with Gasteiger partial charge in [-0.2, -0.15) is 0 Å². The first-order valence-electron chi connectivity index (χ1n) is 10.3. The third-order valence-electron chi connectivity index (χ3n) is 5.73. The Morgan fingerprint density at radius 2 is 1.87 bits per heavy atom. The lowest BCUT2D eigenvalue weighted by Gasteiger charge is -2.27. The molecule has 0 aromatic carbocycles. The molecule has 1 saturated carbocycles. The predicted molar refractivity (Wildman–Crippen MR) is 106 cm³/mol. The minimum absolute atomic E-state index is 0.165. The fourth-order valence-electron chi connectivity index (χ4n) is 3.86. The number of hydrogen-bond donors (Lipinski definition) is 2. The smallest absolute Gasteiger partial charge is 0.184 e. The molecule has 2 aliphatic rings. The Hall–Kier alpha value is -2.73. The molecule has 3 aromatic rings. The van der Waals surface area contributed by atoms with Crippen molar-refractivity contribution in [2.45, 2.75) is 70.2 Å². The van der Waals surface area contributed by atoms with E-state index in [1.807, 2.05) is 30.4 Å². The molecule has 3 aromatic heterocycles. The number of aliphatic hydroxyl groups is 2. The minimum Gasteiger partial charge on any atom is -0.394 e. The van der Waals surface area contributed by atoms with Crippen molar-refractivity contribution < 1.29 is 10.2 Å². The molecule has 12 heteroatoms. The van der Waals surface area contributed by atoms with Crippen LogP contribution in [0.25, 0.3) is 11.2 Å². The molecule has 5 rings (SSSR count). The molecular weight excluding hydrogens is 388 g/mol. The van der Waals surface area contributed by atoms with Gasteiger partial charge in [0.05, 0.1) is 24.8 Å². The summed E-state index contributed by atoms with van der Waals surface area (Å²) in [6.07, 6.45) is 2.11. The second-order valence-electron chi connectivity index (χ2n) is 9.11. The van der Waals surface area contributed by atoms with Crippen LogP contribution < -0.4 is 4.90 Å². The first kappa shape index (κ1) is 19.2. The van der Waals surface area contributed by atoms with Crippen molar-refractivity contribution in [1.29, 1.82) is 0 Å². The topological polar surface area (TPSA) is 144 Å². The molecule has 2 atom stereocenters. The lowest BCUT2D eigenvalue weighted by atomic mass is 9.95. The summed E-state index contributed by atoms with van der Waals surface area (Å²) in [5, 5.41) is 40.9. The van der Waals surface area contributed by atoms with Gasteiger partial charge in [-0.05, 0) is 29.7 Å². The van der Waals surface area contributed by atoms with Crippen LogP contribution in [0.15, 0.2) is 0 Å². The number of aromatic nitrogens is 9. The van der Waals surface area contributed by atoms with E-state index in [1.54, 1.807) is 4.68 Å². The van der Waals surface area contributed by atoms with E-state index < -0.39 is 12.1 Å². The number of aliphatic hydroxyl groups excluding tert-OH is 2. The zero-order valence-corrected chi connectivity index (χ0v) is 17.3. The molecule has 0 amide bonds. The Morgan fingerprint density at radius 1 is 1.07 bits per heavy atom. The summed E-state index contributed by atoms with van der Waals surface area (Å²) in [6, 6.07) is -0.0697. The molecule has 2 fully saturated rings. The molecule has 0 spiro atoms. The van der Waals surface area contributed by atoms with Gasteiger partial charge in [0.1, 0.15) is 12.4 Å². The number of tetrazole rings is 1. The van der Waals surface area contributed by atoms with Crippen LogP contribution in [0.1, 0.15) is 57.7 Å². The summed E-state index contributed by atoms with van der Waals surface area (Å²) < 4.78 is 3.54. The average molecular weight is 414 g/mol. The van der Waals surface area contributed by atoms with Gasteiger partial charge >= 0.3 is 0 Å². The van der Waals surface area contributed by atoms with E-state index in [0.29, 0.717) is 54.2 Å². The fourth-order valence-corrected chi connectivity index (χ4v) is 3.86. The molecular formula is C18H26N10O2. The standard InChI is InChI=1S/C18H26N10O2/c1-18(2,3)17-19-15(26-7-6-12(30)11(26)9-29)14-16(20-17)27(24-22-14)8-13-21-23-25-28(13)10-4-5-10/h10-12,29-30H,4-9H2,1-3H3. The second-order valence-corrected chi connectivity index (χ2v) is 9.11. The zero-order valence-electron chi connectivity index (χ0n) is 17.3. The summed E-state index contributed by atoms with van der Waals surface area (Å²) in [7, 11) is 0. The highest BCUT2D eigenvalue weighted by Gasteiger charge is 2.36. The summed E-state index contributed by atoms with van der Waals surface area (Å²) in [5.41, 5.74) is 0.829. The Kier molecular flexibility index (Phi) is 4.43. The van der Waals surface area contributed by atoms with Gasteiger partial charge in [0, 0.05) is 12.0 Å². The molecule has 1 saturated heterocycles. The van der Waals surface area contributed by atoms with Gasteiger partial charge in [-0.1, -0.05) is 26.0 Å². The summed E-state index contributed by atoms with van der Waals surface area (Å²) in [4.78, 5) is 11.5. The Balaban J connectivity index is 1.61. The molecule has 0 radical (unpaired) electrons. The van der Waals surface area contributed by atoms with E-state index in [2.05, 4.69) is 25.8 Å². The van der Waals surface area contributed by atoms with Gasteiger partial charge < -0.3 is 15.1 Å².